The molecule has 7 heteroatoms. The molecule has 0 saturated carbocycles. The highest BCUT2D eigenvalue weighted by molar-refractivity contribution is 6.02. The minimum atomic E-state index is -0.479. The third kappa shape index (κ3) is 2.60. The van der Waals surface area contributed by atoms with E-state index in [4.69, 9.17) is 0 Å². The SMILES string of the molecule is O=C1Nc2ccccc2[C@@H]1CCNc1ncccc1[N+](=O)[O-]. The van der Waals surface area contributed by atoms with Gasteiger partial charge in [-0.15, -0.1) is 0 Å². The Hall–Kier alpha value is -2.96. The van der Waals surface area contributed by atoms with Crippen LogP contribution in [0.15, 0.2) is 42.6 Å². The fourth-order valence-electron chi connectivity index (χ4n) is 2.58. The number of anilines is 2. The lowest BCUT2D eigenvalue weighted by Gasteiger charge is -2.10. The molecule has 2 N–H and O–H groups in total. The van der Waals surface area contributed by atoms with Crippen LogP contribution in [0.5, 0.6) is 0 Å². The van der Waals surface area contributed by atoms with Crippen LogP contribution in [0.4, 0.5) is 17.2 Å². The van der Waals surface area contributed by atoms with Crippen molar-refractivity contribution in [3.05, 3.63) is 58.3 Å². The number of hydrogen-bond donors (Lipinski definition) is 2. The van der Waals surface area contributed by atoms with Gasteiger partial charge < -0.3 is 10.6 Å². The average Bonchev–Trinajstić information content (AvgIpc) is 2.83. The highest BCUT2D eigenvalue weighted by atomic mass is 16.6. The van der Waals surface area contributed by atoms with Crippen LogP contribution in [-0.2, 0) is 4.79 Å². The van der Waals surface area contributed by atoms with Crippen LogP contribution in [0.2, 0.25) is 0 Å². The molecule has 1 aromatic carbocycles. The van der Waals surface area contributed by atoms with Gasteiger partial charge in [0.25, 0.3) is 0 Å². The minimum Gasteiger partial charge on any atom is -0.364 e. The first kappa shape index (κ1) is 14.0. The van der Waals surface area contributed by atoms with E-state index in [1.165, 1.54) is 18.3 Å². The first-order valence-electron chi connectivity index (χ1n) is 6.90. The number of fused-ring (bicyclic) bond motifs is 1. The summed E-state index contributed by atoms with van der Waals surface area (Å²) in [6, 6.07) is 10.5. The highest BCUT2D eigenvalue weighted by Gasteiger charge is 2.29. The monoisotopic (exact) mass is 298 g/mol. The molecule has 0 unspecified atom stereocenters. The van der Waals surface area contributed by atoms with E-state index in [0.29, 0.717) is 13.0 Å². The second kappa shape index (κ2) is 5.80. The second-order valence-corrected chi connectivity index (χ2v) is 4.97. The number of rotatable bonds is 5. The third-order valence-corrected chi connectivity index (χ3v) is 3.62. The molecule has 1 aromatic heterocycles. The van der Waals surface area contributed by atoms with Crippen LogP contribution < -0.4 is 10.6 Å². The van der Waals surface area contributed by atoms with E-state index in [9.17, 15) is 14.9 Å². The smallest absolute Gasteiger partial charge is 0.311 e. The Kier molecular flexibility index (Phi) is 3.69. The summed E-state index contributed by atoms with van der Waals surface area (Å²) in [5.74, 6) is -0.0656. The largest absolute Gasteiger partial charge is 0.364 e. The van der Waals surface area contributed by atoms with Crippen LogP contribution in [-0.4, -0.2) is 22.4 Å². The molecule has 22 heavy (non-hydrogen) atoms. The zero-order chi connectivity index (χ0) is 15.5. The van der Waals surface area contributed by atoms with Crippen molar-refractivity contribution in [1.29, 1.82) is 0 Å². The molecule has 0 bridgehead atoms. The van der Waals surface area contributed by atoms with Gasteiger partial charge in [-0.25, -0.2) is 4.98 Å². The summed E-state index contributed by atoms with van der Waals surface area (Å²) in [6.07, 6.45) is 2.03. The van der Waals surface area contributed by atoms with Gasteiger partial charge in [-0.1, -0.05) is 18.2 Å². The van der Waals surface area contributed by atoms with Crippen LogP contribution in [0.1, 0.15) is 17.9 Å². The van der Waals surface area contributed by atoms with Gasteiger partial charge in [0.2, 0.25) is 11.7 Å². The molecule has 1 amide bonds. The molecule has 1 aliphatic heterocycles. The molecule has 0 saturated heterocycles. The van der Waals surface area contributed by atoms with Crippen LogP contribution in [0, 0.1) is 10.1 Å². The van der Waals surface area contributed by atoms with Crippen molar-refractivity contribution in [3.8, 4) is 0 Å². The van der Waals surface area contributed by atoms with Gasteiger partial charge in [-0.3, -0.25) is 14.9 Å². The third-order valence-electron chi connectivity index (χ3n) is 3.62. The standard InChI is InChI=1S/C15H14N4O3/c20-15-11(10-4-1-2-5-12(10)18-15)7-9-17-14-13(19(21)22)6-3-8-16-14/h1-6,8,11H,7,9H2,(H,16,17)(H,18,20)/t11-/m0/s1. The summed E-state index contributed by atoms with van der Waals surface area (Å²) < 4.78 is 0. The van der Waals surface area contributed by atoms with E-state index in [0.717, 1.165) is 11.3 Å². The molecule has 112 valence electrons. The maximum atomic E-state index is 12.0. The minimum absolute atomic E-state index is 0.0430. The normalized spacial score (nSPS) is 16.0. The van der Waals surface area contributed by atoms with Crippen LogP contribution in [0.3, 0.4) is 0 Å². The lowest BCUT2D eigenvalue weighted by atomic mass is 9.97. The Labute approximate surface area is 126 Å². The van der Waals surface area contributed by atoms with Crippen molar-refractivity contribution in [2.45, 2.75) is 12.3 Å². The number of nitro groups is 1. The first-order valence-corrected chi connectivity index (χ1v) is 6.90. The van der Waals surface area contributed by atoms with E-state index >= 15 is 0 Å². The topological polar surface area (TPSA) is 97.2 Å². The summed E-state index contributed by atoms with van der Waals surface area (Å²) in [5, 5.41) is 16.7. The van der Waals surface area contributed by atoms with Gasteiger partial charge in [0, 0.05) is 24.5 Å². The molecule has 2 heterocycles. The Balaban J connectivity index is 1.67. The predicted octanol–water partition coefficient (Wildman–Crippen LogP) is 2.53. The maximum Gasteiger partial charge on any atom is 0.311 e. The Morgan fingerprint density at radius 1 is 1.27 bits per heavy atom. The van der Waals surface area contributed by atoms with E-state index in [1.54, 1.807) is 0 Å². The van der Waals surface area contributed by atoms with E-state index < -0.39 is 4.92 Å². The number of amides is 1. The molecular formula is C15H14N4O3. The van der Waals surface area contributed by atoms with Crippen molar-refractivity contribution in [1.82, 2.24) is 4.98 Å². The molecule has 3 rings (SSSR count). The number of hydrogen-bond acceptors (Lipinski definition) is 5. The molecule has 0 aliphatic carbocycles. The number of carbonyl (C=O) groups excluding carboxylic acids is 1. The Morgan fingerprint density at radius 3 is 2.91 bits per heavy atom. The van der Waals surface area contributed by atoms with Crippen LogP contribution >= 0.6 is 0 Å². The average molecular weight is 298 g/mol. The highest BCUT2D eigenvalue weighted by Crippen LogP contribution is 2.34. The van der Waals surface area contributed by atoms with Gasteiger partial charge >= 0.3 is 5.69 Å². The number of carbonyl (C=O) groups is 1. The van der Waals surface area contributed by atoms with Gasteiger partial charge in [0.05, 0.1) is 10.8 Å². The lowest BCUT2D eigenvalue weighted by molar-refractivity contribution is -0.384. The van der Waals surface area contributed by atoms with Gasteiger partial charge in [0.15, 0.2) is 0 Å². The molecule has 0 spiro atoms. The Morgan fingerprint density at radius 2 is 2.09 bits per heavy atom. The van der Waals surface area contributed by atoms with E-state index in [1.807, 2.05) is 24.3 Å². The fourth-order valence-corrected chi connectivity index (χ4v) is 2.58. The summed E-state index contributed by atoms with van der Waals surface area (Å²) in [5.41, 5.74) is 1.73. The zero-order valence-corrected chi connectivity index (χ0v) is 11.7. The molecule has 1 aliphatic rings. The Bertz CT molecular complexity index is 732. The lowest BCUT2D eigenvalue weighted by Crippen LogP contribution is -2.16. The van der Waals surface area contributed by atoms with Crippen LogP contribution in [0.25, 0.3) is 0 Å². The second-order valence-electron chi connectivity index (χ2n) is 4.97. The quantitative estimate of drug-likeness (QED) is 0.653. The summed E-state index contributed by atoms with van der Waals surface area (Å²) >= 11 is 0. The molecule has 0 fully saturated rings. The number of para-hydroxylation sites is 1. The van der Waals surface area contributed by atoms with E-state index in [-0.39, 0.29) is 23.3 Å². The first-order chi connectivity index (χ1) is 10.7. The van der Waals surface area contributed by atoms with Crippen molar-refractivity contribution in [2.24, 2.45) is 0 Å². The van der Waals surface area contributed by atoms with Crippen molar-refractivity contribution >= 4 is 23.1 Å². The molecule has 0 radical (unpaired) electrons. The number of aromatic nitrogens is 1. The van der Waals surface area contributed by atoms with Gasteiger partial charge in [0.1, 0.15) is 0 Å². The number of benzene rings is 1. The van der Waals surface area contributed by atoms with Gasteiger partial charge in [-0.05, 0) is 24.1 Å². The van der Waals surface area contributed by atoms with Gasteiger partial charge in [-0.2, -0.15) is 0 Å². The van der Waals surface area contributed by atoms with Crippen molar-refractivity contribution < 1.29 is 9.72 Å². The van der Waals surface area contributed by atoms with Crippen molar-refractivity contribution in [2.75, 3.05) is 17.2 Å². The summed E-state index contributed by atoms with van der Waals surface area (Å²) in [6.45, 7) is 0.421. The molecule has 7 nitrogen and oxygen atoms in total. The number of pyridine rings is 1. The maximum absolute atomic E-state index is 12.0. The zero-order valence-electron chi connectivity index (χ0n) is 11.7. The number of nitrogens with one attached hydrogen (secondary N) is 2. The summed E-state index contributed by atoms with van der Waals surface area (Å²) in [7, 11) is 0. The predicted molar refractivity (Wildman–Crippen MR) is 81.8 cm³/mol. The van der Waals surface area contributed by atoms with E-state index in [2.05, 4.69) is 15.6 Å². The summed E-state index contributed by atoms with van der Waals surface area (Å²) in [4.78, 5) is 26.4. The fraction of sp³-hybridized carbons (Fsp3) is 0.200. The molecular weight excluding hydrogens is 284 g/mol. The van der Waals surface area contributed by atoms with Crippen molar-refractivity contribution in [3.63, 3.8) is 0 Å². The molecule has 1 atom stereocenters. The number of nitrogens with zero attached hydrogens (tertiary/aromatic N) is 2. The molecule has 2 aromatic rings.